The van der Waals surface area contributed by atoms with Crippen molar-refractivity contribution in [2.75, 3.05) is 6.79 Å². The minimum absolute atomic E-state index is 0.232. The van der Waals surface area contributed by atoms with Gasteiger partial charge in [0.1, 0.15) is 16.7 Å². The second-order valence-corrected chi connectivity index (χ2v) is 4.47. The highest BCUT2D eigenvalue weighted by Crippen LogP contribution is 2.37. The van der Waals surface area contributed by atoms with Crippen LogP contribution in [0.25, 0.3) is 0 Å². The third-order valence-electron chi connectivity index (χ3n) is 2.71. The lowest BCUT2D eigenvalue weighted by Crippen LogP contribution is -1.97. The molecule has 6 heteroatoms. The van der Waals surface area contributed by atoms with E-state index in [0.717, 1.165) is 0 Å². The zero-order valence-electron chi connectivity index (χ0n) is 10.4. The number of fused-ring (bicyclic) bond motifs is 1. The second-order valence-electron chi connectivity index (χ2n) is 4.11. The molecule has 1 aliphatic heterocycles. The van der Waals surface area contributed by atoms with Gasteiger partial charge in [0.2, 0.25) is 12.7 Å². The van der Waals surface area contributed by atoms with Gasteiger partial charge in [0, 0.05) is 11.6 Å². The van der Waals surface area contributed by atoms with Gasteiger partial charge < -0.3 is 14.2 Å². The van der Waals surface area contributed by atoms with Gasteiger partial charge in [-0.3, -0.25) is 0 Å². The molecule has 0 unspecified atom stereocenters. The Kier molecular flexibility index (Phi) is 2.91. The van der Waals surface area contributed by atoms with Gasteiger partial charge in [0.05, 0.1) is 0 Å². The molecule has 1 aromatic heterocycles. The highest BCUT2D eigenvalue weighted by molar-refractivity contribution is 6.30. The van der Waals surface area contributed by atoms with Crippen LogP contribution in [0.15, 0.2) is 18.2 Å². The van der Waals surface area contributed by atoms with E-state index in [1.54, 1.807) is 25.1 Å². The van der Waals surface area contributed by atoms with Crippen LogP contribution in [0.4, 0.5) is 0 Å². The Labute approximate surface area is 115 Å². The molecule has 98 valence electrons. The molecular weight excluding hydrogens is 268 g/mol. The lowest BCUT2D eigenvalue weighted by atomic mass is 10.3. The van der Waals surface area contributed by atoms with Crippen LogP contribution >= 0.6 is 11.6 Å². The van der Waals surface area contributed by atoms with E-state index >= 15 is 0 Å². The Balaban J connectivity index is 1.93. The van der Waals surface area contributed by atoms with Crippen LogP contribution in [0.5, 0.6) is 23.1 Å². The van der Waals surface area contributed by atoms with Crippen LogP contribution in [0, 0.1) is 13.8 Å². The van der Waals surface area contributed by atoms with E-state index in [-0.39, 0.29) is 6.79 Å². The number of aryl methyl sites for hydroxylation is 1. The minimum Gasteiger partial charge on any atom is -0.454 e. The average molecular weight is 279 g/mol. The Morgan fingerprint density at radius 3 is 2.79 bits per heavy atom. The van der Waals surface area contributed by atoms with Gasteiger partial charge in [-0.05, 0) is 26.0 Å². The summed E-state index contributed by atoms with van der Waals surface area (Å²) in [6.07, 6.45) is 0. The Hall–Kier alpha value is -2.01. The van der Waals surface area contributed by atoms with Crippen LogP contribution in [0.1, 0.15) is 11.4 Å². The lowest BCUT2D eigenvalue weighted by Gasteiger charge is -2.09. The van der Waals surface area contributed by atoms with Crippen LogP contribution in [-0.2, 0) is 0 Å². The number of benzene rings is 1. The molecule has 5 nitrogen and oxygen atoms in total. The molecule has 0 N–H and O–H groups in total. The van der Waals surface area contributed by atoms with E-state index in [9.17, 15) is 0 Å². The molecule has 0 bridgehead atoms. The average Bonchev–Trinajstić information content (AvgIpc) is 2.82. The Morgan fingerprint density at radius 1 is 1.16 bits per heavy atom. The maximum atomic E-state index is 6.00. The minimum atomic E-state index is 0.232. The monoisotopic (exact) mass is 278 g/mol. The zero-order valence-corrected chi connectivity index (χ0v) is 11.2. The number of hydrogen-bond acceptors (Lipinski definition) is 5. The van der Waals surface area contributed by atoms with E-state index in [1.165, 1.54) is 0 Å². The van der Waals surface area contributed by atoms with E-state index in [1.807, 2.05) is 6.92 Å². The third-order valence-corrected chi connectivity index (χ3v) is 3.08. The van der Waals surface area contributed by atoms with Gasteiger partial charge in [0.25, 0.3) is 0 Å². The van der Waals surface area contributed by atoms with Crippen molar-refractivity contribution >= 4 is 11.6 Å². The highest BCUT2D eigenvalue weighted by Gasteiger charge is 2.15. The zero-order chi connectivity index (χ0) is 13.4. The maximum absolute atomic E-state index is 6.00. The molecule has 0 aliphatic carbocycles. The summed E-state index contributed by atoms with van der Waals surface area (Å²) in [5.74, 6) is 2.98. The summed E-state index contributed by atoms with van der Waals surface area (Å²) in [7, 11) is 0. The summed E-state index contributed by atoms with van der Waals surface area (Å²) in [4.78, 5) is 8.30. The molecule has 1 aliphatic rings. The van der Waals surface area contributed by atoms with Crippen molar-refractivity contribution in [3.8, 4) is 23.1 Å². The van der Waals surface area contributed by atoms with Crippen molar-refractivity contribution in [1.29, 1.82) is 0 Å². The number of nitrogens with zero attached hydrogens (tertiary/aromatic N) is 2. The van der Waals surface area contributed by atoms with Crippen LogP contribution in [-0.4, -0.2) is 16.8 Å². The fourth-order valence-corrected chi connectivity index (χ4v) is 1.92. The molecule has 19 heavy (non-hydrogen) atoms. The topological polar surface area (TPSA) is 53.5 Å². The SMILES string of the molecule is Cc1nc(Cl)c(C)c(Oc2ccc3c(c2)OCO3)n1. The van der Waals surface area contributed by atoms with Crippen LogP contribution in [0.3, 0.4) is 0 Å². The number of hydrogen-bond donors (Lipinski definition) is 0. The largest absolute Gasteiger partial charge is 0.454 e. The smallest absolute Gasteiger partial charge is 0.231 e. The fraction of sp³-hybridized carbons (Fsp3) is 0.231. The van der Waals surface area contributed by atoms with Crippen LogP contribution in [0.2, 0.25) is 5.15 Å². The summed E-state index contributed by atoms with van der Waals surface area (Å²) < 4.78 is 16.3. The van der Waals surface area contributed by atoms with Gasteiger partial charge in [-0.1, -0.05) is 11.6 Å². The van der Waals surface area contributed by atoms with Crippen LogP contribution < -0.4 is 14.2 Å². The van der Waals surface area contributed by atoms with Gasteiger partial charge in [-0.2, -0.15) is 4.98 Å². The number of rotatable bonds is 2. The normalized spacial score (nSPS) is 12.6. The van der Waals surface area contributed by atoms with Crippen molar-refractivity contribution in [2.24, 2.45) is 0 Å². The number of aromatic nitrogens is 2. The fourth-order valence-electron chi connectivity index (χ4n) is 1.72. The first-order chi connectivity index (χ1) is 9.13. The predicted octanol–water partition coefficient (Wildman–Crippen LogP) is 3.27. The molecule has 0 spiro atoms. The molecule has 3 rings (SSSR count). The van der Waals surface area contributed by atoms with Crippen molar-refractivity contribution in [3.05, 3.63) is 34.7 Å². The third kappa shape index (κ3) is 2.29. The first-order valence-electron chi connectivity index (χ1n) is 5.72. The standard InChI is InChI=1S/C13H11ClN2O3/c1-7-12(14)15-8(2)16-13(7)19-9-3-4-10-11(5-9)18-6-17-10/h3-5H,6H2,1-2H3. The summed E-state index contributed by atoms with van der Waals surface area (Å²) in [5, 5.41) is 0.392. The first-order valence-corrected chi connectivity index (χ1v) is 6.09. The van der Waals surface area contributed by atoms with E-state index in [0.29, 0.717) is 39.7 Å². The van der Waals surface area contributed by atoms with Crippen molar-refractivity contribution < 1.29 is 14.2 Å². The molecule has 0 fully saturated rings. The maximum Gasteiger partial charge on any atom is 0.231 e. The number of halogens is 1. The van der Waals surface area contributed by atoms with Crippen molar-refractivity contribution in [2.45, 2.75) is 13.8 Å². The van der Waals surface area contributed by atoms with Gasteiger partial charge >= 0.3 is 0 Å². The molecule has 2 aromatic rings. The van der Waals surface area contributed by atoms with E-state index < -0.39 is 0 Å². The molecule has 0 atom stereocenters. The molecule has 2 heterocycles. The summed E-state index contributed by atoms with van der Waals surface area (Å²) in [5.41, 5.74) is 0.699. The summed E-state index contributed by atoms with van der Waals surface area (Å²) >= 11 is 6.00. The molecular formula is C13H11ClN2O3. The predicted molar refractivity (Wildman–Crippen MR) is 69.2 cm³/mol. The van der Waals surface area contributed by atoms with Gasteiger partial charge in [-0.25, -0.2) is 4.98 Å². The highest BCUT2D eigenvalue weighted by atomic mass is 35.5. The lowest BCUT2D eigenvalue weighted by molar-refractivity contribution is 0.174. The van der Waals surface area contributed by atoms with Gasteiger partial charge in [-0.15, -0.1) is 0 Å². The Morgan fingerprint density at radius 2 is 1.95 bits per heavy atom. The second kappa shape index (κ2) is 4.59. The quantitative estimate of drug-likeness (QED) is 0.789. The Bertz CT molecular complexity index is 646. The van der Waals surface area contributed by atoms with E-state index in [4.69, 9.17) is 25.8 Å². The van der Waals surface area contributed by atoms with Crippen molar-refractivity contribution in [1.82, 2.24) is 9.97 Å². The van der Waals surface area contributed by atoms with Crippen molar-refractivity contribution in [3.63, 3.8) is 0 Å². The first kappa shape index (κ1) is 12.0. The number of ether oxygens (including phenoxy) is 3. The van der Waals surface area contributed by atoms with Gasteiger partial charge in [0.15, 0.2) is 11.5 Å². The summed E-state index contributed by atoms with van der Waals surface area (Å²) in [6.45, 7) is 3.80. The molecule has 0 radical (unpaired) electrons. The molecule has 1 aromatic carbocycles. The molecule has 0 saturated heterocycles. The molecule has 0 saturated carbocycles. The molecule has 0 amide bonds. The van der Waals surface area contributed by atoms with E-state index in [2.05, 4.69) is 9.97 Å². The summed E-state index contributed by atoms with van der Waals surface area (Å²) in [6, 6.07) is 5.34.